The maximum atomic E-state index is 2.50. The van der Waals surface area contributed by atoms with Gasteiger partial charge in [-0.15, -0.1) is 34.5 Å². The van der Waals surface area contributed by atoms with E-state index in [0.29, 0.717) is 0 Å². The molecule has 5 heteroatoms. The van der Waals surface area contributed by atoms with E-state index in [9.17, 15) is 0 Å². The minimum absolute atomic E-state index is 0. The Bertz CT molecular complexity index is 1350. The summed E-state index contributed by atoms with van der Waals surface area (Å²) in [5.41, 5.74) is 11.3. The standard InChI is InChI=1S/C22H25.C10H12SSi.2ClH.Zr/c1-3-4-5-6-8-18-11-13-19(14-12-18)21-10-7-9-20-15-17(2)16-22(20)21;1-6-9-7-4-11-5-8(7)10(6)12(9,2)3;;;/h7,9-16H,3-6,8H2,1-2H3;4-5,9H,1-3H3;2*1H;/q-1;;;;+3/p-2. The molecule has 0 spiro atoms. The van der Waals surface area contributed by atoms with Crippen molar-refractivity contribution in [3.8, 4) is 11.1 Å². The second kappa shape index (κ2) is 13.5. The summed E-state index contributed by atoms with van der Waals surface area (Å²) < 4.78 is 0. The molecule has 4 aromatic rings. The zero-order chi connectivity index (χ0) is 23.9. The molecule has 0 nitrogen and oxygen atoms in total. The van der Waals surface area contributed by atoms with Gasteiger partial charge in [-0.05, 0) is 52.8 Å². The van der Waals surface area contributed by atoms with E-state index >= 15 is 0 Å². The van der Waals surface area contributed by atoms with Crippen LogP contribution in [0.5, 0.6) is 0 Å². The molecule has 2 aliphatic heterocycles. The van der Waals surface area contributed by atoms with E-state index in [-0.39, 0.29) is 51.0 Å². The van der Waals surface area contributed by atoms with Crippen molar-refractivity contribution in [3.05, 3.63) is 93.2 Å². The Balaban J connectivity index is 0.000000274. The number of fused-ring (bicyclic) bond motifs is 1. The van der Waals surface area contributed by atoms with Gasteiger partial charge in [-0.2, -0.15) is 17.4 Å². The van der Waals surface area contributed by atoms with Crippen LogP contribution < -0.4 is 24.8 Å². The third kappa shape index (κ3) is 6.17. The number of thiophene rings is 1. The molecule has 7 rings (SSSR count). The van der Waals surface area contributed by atoms with Crippen molar-refractivity contribution in [2.45, 2.75) is 71.5 Å². The maximum Gasteiger partial charge on any atom is 3.00 e. The summed E-state index contributed by atoms with van der Waals surface area (Å²) in [6, 6.07) is 20.3. The first-order chi connectivity index (χ1) is 16.4. The number of aryl methyl sites for hydroxylation is 2. The molecule has 193 valence electrons. The van der Waals surface area contributed by atoms with E-state index in [4.69, 9.17) is 0 Å². The van der Waals surface area contributed by atoms with Crippen LogP contribution >= 0.6 is 11.3 Å². The number of rotatable bonds is 6. The molecule has 37 heavy (non-hydrogen) atoms. The molecule has 1 atom stereocenters. The molecule has 1 radical (unpaired) electrons. The van der Waals surface area contributed by atoms with Crippen molar-refractivity contribution in [2.75, 3.05) is 0 Å². The van der Waals surface area contributed by atoms with Crippen molar-refractivity contribution in [3.63, 3.8) is 0 Å². The summed E-state index contributed by atoms with van der Waals surface area (Å²) in [5.74, 6) is 0. The molecule has 1 aliphatic carbocycles. The fourth-order valence-electron chi connectivity index (χ4n) is 6.42. The van der Waals surface area contributed by atoms with Gasteiger partial charge < -0.3 is 24.8 Å². The van der Waals surface area contributed by atoms with Gasteiger partial charge in [0.15, 0.2) is 0 Å². The van der Waals surface area contributed by atoms with Gasteiger partial charge in [0.2, 0.25) is 0 Å². The van der Waals surface area contributed by atoms with Crippen LogP contribution in [0.3, 0.4) is 0 Å². The first-order valence-electron chi connectivity index (χ1n) is 12.9. The smallest absolute Gasteiger partial charge is 1.00 e. The number of hydrogen-bond donors (Lipinski definition) is 0. The maximum absolute atomic E-state index is 2.50. The molecule has 1 unspecified atom stereocenters. The first-order valence-corrected chi connectivity index (χ1v) is 17.0. The van der Waals surface area contributed by atoms with Gasteiger partial charge in [0.25, 0.3) is 0 Å². The minimum Gasteiger partial charge on any atom is -1.00 e. The van der Waals surface area contributed by atoms with Crippen molar-refractivity contribution < 1.29 is 51.0 Å². The topological polar surface area (TPSA) is 0 Å². The van der Waals surface area contributed by atoms with E-state index in [2.05, 4.69) is 99.2 Å². The Morgan fingerprint density at radius 1 is 0.892 bits per heavy atom. The summed E-state index contributed by atoms with van der Waals surface area (Å²) in [6.07, 6.45) is 6.54. The van der Waals surface area contributed by atoms with Crippen LogP contribution in [0.4, 0.5) is 0 Å². The molecular formula is C32H37Cl2SSiZr. The molecule has 3 heterocycles. The van der Waals surface area contributed by atoms with E-state index in [1.54, 1.807) is 21.9 Å². The van der Waals surface area contributed by atoms with Crippen LogP contribution in [0.25, 0.3) is 27.1 Å². The predicted molar refractivity (Wildman–Crippen MR) is 155 cm³/mol. The van der Waals surface area contributed by atoms with E-state index in [0.717, 1.165) is 5.54 Å². The Hall–Kier alpha value is -0.830. The number of allylic oxidation sites excluding steroid dienone is 1. The van der Waals surface area contributed by atoms with Crippen LogP contribution in [-0.2, 0) is 32.6 Å². The second-order valence-electron chi connectivity index (χ2n) is 10.8. The molecule has 0 fully saturated rings. The van der Waals surface area contributed by atoms with Crippen LogP contribution in [0, 0.1) is 6.92 Å². The van der Waals surface area contributed by atoms with Gasteiger partial charge >= 0.3 is 26.2 Å². The van der Waals surface area contributed by atoms with Crippen LogP contribution in [0.2, 0.25) is 13.1 Å². The second-order valence-corrected chi connectivity index (χ2v) is 16.1. The van der Waals surface area contributed by atoms with Crippen LogP contribution in [-0.4, -0.2) is 8.07 Å². The number of halogens is 2. The Morgan fingerprint density at radius 2 is 1.62 bits per heavy atom. The fourth-order valence-corrected chi connectivity index (χ4v) is 11.9. The normalized spacial score (nSPS) is 16.0. The zero-order valence-electron chi connectivity index (χ0n) is 22.6. The van der Waals surface area contributed by atoms with Crippen LogP contribution in [0.15, 0.2) is 70.9 Å². The average molecular weight is 644 g/mol. The summed E-state index contributed by atoms with van der Waals surface area (Å²) in [5, 5.41) is 9.19. The van der Waals surface area contributed by atoms with Gasteiger partial charge in [-0.3, -0.25) is 0 Å². The van der Waals surface area contributed by atoms with Crippen LogP contribution in [0.1, 0.15) is 67.3 Å². The molecular weight excluding hydrogens is 607 g/mol. The third-order valence-corrected chi connectivity index (χ3v) is 12.8. The summed E-state index contributed by atoms with van der Waals surface area (Å²) >= 11 is 1.87. The molecule has 0 saturated carbocycles. The molecule has 3 aliphatic rings. The zero-order valence-corrected chi connectivity index (χ0v) is 28.4. The monoisotopic (exact) mass is 641 g/mol. The van der Waals surface area contributed by atoms with E-state index in [1.807, 2.05) is 11.3 Å². The molecule has 1 aromatic heterocycles. The number of unbranched alkanes of at least 4 members (excludes halogenated alkanes) is 3. The fraction of sp³-hybridized carbons (Fsp3) is 0.344. The molecule has 0 N–H and O–H groups in total. The number of hydrogen-bond acceptors (Lipinski definition) is 1. The minimum atomic E-state index is -0.976. The predicted octanol–water partition coefficient (Wildman–Crippen LogP) is 4.08. The Morgan fingerprint density at radius 3 is 2.27 bits per heavy atom. The SMILES string of the molecule is CC1=C2c3cscc3C1[Si]2(C)C.CCCCCCc1ccc(-c2cccc3[cH-]c(C)cc23)cc1.[Cl-].[Cl-].[Zr+3]. The van der Waals surface area contributed by atoms with E-state index in [1.165, 1.54) is 65.1 Å². The van der Waals surface area contributed by atoms with E-state index < -0.39 is 8.07 Å². The van der Waals surface area contributed by atoms with Crippen molar-refractivity contribution in [1.29, 1.82) is 0 Å². The quantitative estimate of drug-likeness (QED) is 0.169. The summed E-state index contributed by atoms with van der Waals surface area (Å²) in [4.78, 5) is 0. The van der Waals surface area contributed by atoms with Crippen molar-refractivity contribution in [1.82, 2.24) is 0 Å². The first kappa shape index (κ1) is 32.4. The molecule has 0 saturated heterocycles. The van der Waals surface area contributed by atoms with Gasteiger partial charge in [-0.1, -0.05) is 92.9 Å². The number of benzene rings is 2. The van der Waals surface area contributed by atoms with Crippen molar-refractivity contribution in [2.24, 2.45) is 0 Å². The summed E-state index contributed by atoms with van der Waals surface area (Å²) in [6.45, 7) is 11.8. The molecule has 3 aromatic carbocycles. The van der Waals surface area contributed by atoms with Gasteiger partial charge in [0, 0.05) is 5.54 Å². The average Bonchev–Trinajstić information content (AvgIpc) is 3.53. The Labute approximate surface area is 260 Å². The van der Waals surface area contributed by atoms with Gasteiger partial charge in [-0.25, -0.2) is 0 Å². The largest absolute Gasteiger partial charge is 3.00 e. The van der Waals surface area contributed by atoms with Gasteiger partial charge in [0.05, 0.1) is 8.07 Å². The Kier molecular flexibility index (Phi) is 11.8. The molecule has 0 amide bonds. The van der Waals surface area contributed by atoms with Crippen molar-refractivity contribution >= 4 is 35.4 Å². The summed E-state index contributed by atoms with van der Waals surface area (Å²) in [7, 11) is -0.976. The van der Waals surface area contributed by atoms with Gasteiger partial charge in [0.1, 0.15) is 0 Å². The molecule has 2 bridgehead atoms. The third-order valence-electron chi connectivity index (χ3n) is 7.94.